The maximum Gasteiger partial charge on any atom is 0.124 e. The lowest BCUT2D eigenvalue weighted by Gasteiger charge is -2.22. The molecule has 1 aromatic carbocycles. The average Bonchev–Trinajstić information content (AvgIpc) is 2.77. The van der Waals surface area contributed by atoms with Crippen molar-refractivity contribution in [2.75, 3.05) is 32.1 Å². The van der Waals surface area contributed by atoms with Gasteiger partial charge < -0.3 is 15.5 Å². The molecule has 1 aliphatic heterocycles. The molecule has 4 nitrogen and oxygen atoms in total. The normalized spacial score (nSPS) is 19.6. The van der Waals surface area contributed by atoms with Crippen molar-refractivity contribution in [1.29, 1.82) is 5.41 Å². The van der Waals surface area contributed by atoms with E-state index in [1.807, 2.05) is 18.2 Å². The van der Waals surface area contributed by atoms with Crippen LogP contribution >= 0.6 is 11.6 Å². The van der Waals surface area contributed by atoms with E-state index in [2.05, 4.69) is 23.9 Å². The van der Waals surface area contributed by atoms with Crippen LogP contribution < -0.4 is 10.6 Å². The molecule has 1 saturated heterocycles. The van der Waals surface area contributed by atoms with Gasteiger partial charge in [0.1, 0.15) is 5.84 Å². The third-order valence-corrected chi connectivity index (χ3v) is 3.81. The van der Waals surface area contributed by atoms with Gasteiger partial charge in [-0.3, -0.25) is 5.41 Å². The fourth-order valence-electron chi connectivity index (χ4n) is 2.32. The van der Waals surface area contributed by atoms with Crippen LogP contribution in [0.2, 0.25) is 5.02 Å². The zero-order valence-corrected chi connectivity index (χ0v) is 11.5. The molecular formula is C13H19ClN4. The minimum atomic E-state index is 0.0131. The lowest BCUT2D eigenvalue weighted by Crippen LogP contribution is -2.31. The van der Waals surface area contributed by atoms with Crippen molar-refractivity contribution < 1.29 is 0 Å². The topological polar surface area (TPSA) is 56.4 Å². The molecule has 98 valence electrons. The number of rotatable bonds is 3. The van der Waals surface area contributed by atoms with Crippen molar-refractivity contribution in [1.82, 2.24) is 4.90 Å². The Hall–Kier alpha value is -1.26. The van der Waals surface area contributed by atoms with E-state index in [9.17, 15) is 0 Å². The highest BCUT2D eigenvalue weighted by molar-refractivity contribution is 6.34. The van der Waals surface area contributed by atoms with Crippen LogP contribution in [-0.4, -0.2) is 44.0 Å². The number of anilines is 1. The standard InChI is InChI=1S/C13H19ClN4/c1-17(2)10-5-6-18(8-10)9-3-4-11(13(15)16)12(14)7-9/h3-4,7,10H,5-6,8H2,1-2H3,(H3,15,16). The van der Waals surface area contributed by atoms with Crippen LogP contribution in [0.25, 0.3) is 0 Å². The molecule has 0 spiro atoms. The van der Waals surface area contributed by atoms with E-state index in [4.69, 9.17) is 22.7 Å². The van der Waals surface area contributed by atoms with Gasteiger partial charge in [0, 0.05) is 30.4 Å². The van der Waals surface area contributed by atoms with Crippen molar-refractivity contribution in [3.05, 3.63) is 28.8 Å². The molecule has 0 radical (unpaired) electrons. The number of nitrogens with one attached hydrogen (secondary N) is 1. The molecule has 18 heavy (non-hydrogen) atoms. The van der Waals surface area contributed by atoms with Crippen LogP contribution in [0.15, 0.2) is 18.2 Å². The molecule has 1 unspecified atom stereocenters. The molecule has 1 fully saturated rings. The van der Waals surface area contributed by atoms with Gasteiger partial charge in [-0.05, 0) is 38.7 Å². The van der Waals surface area contributed by atoms with Crippen LogP contribution in [0, 0.1) is 5.41 Å². The summed E-state index contributed by atoms with van der Waals surface area (Å²) in [5, 5.41) is 7.97. The predicted molar refractivity (Wildman–Crippen MR) is 76.8 cm³/mol. The van der Waals surface area contributed by atoms with Gasteiger partial charge in [-0.25, -0.2) is 0 Å². The van der Waals surface area contributed by atoms with Gasteiger partial charge in [-0.2, -0.15) is 0 Å². The van der Waals surface area contributed by atoms with E-state index in [0.29, 0.717) is 16.6 Å². The summed E-state index contributed by atoms with van der Waals surface area (Å²) < 4.78 is 0. The third-order valence-electron chi connectivity index (χ3n) is 3.50. The van der Waals surface area contributed by atoms with Crippen LogP contribution in [0.5, 0.6) is 0 Å². The number of nitrogens with zero attached hydrogens (tertiary/aromatic N) is 2. The van der Waals surface area contributed by atoms with Crippen molar-refractivity contribution in [2.45, 2.75) is 12.5 Å². The quantitative estimate of drug-likeness (QED) is 0.648. The largest absolute Gasteiger partial charge is 0.384 e. The summed E-state index contributed by atoms with van der Waals surface area (Å²) in [6.45, 7) is 2.06. The monoisotopic (exact) mass is 266 g/mol. The maximum atomic E-state index is 7.42. The molecule has 5 heteroatoms. The third kappa shape index (κ3) is 2.60. The SMILES string of the molecule is CN(C)C1CCN(c2ccc(C(=N)N)c(Cl)c2)C1. The molecule has 3 N–H and O–H groups in total. The smallest absolute Gasteiger partial charge is 0.124 e. The maximum absolute atomic E-state index is 7.42. The molecule has 1 atom stereocenters. The number of nitrogens with two attached hydrogens (primary N) is 1. The summed E-state index contributed by atoms with van der Waals surface area (Å²) in [5.41, 5.74) is 7.17. The molecule has 0 aliphatic carbocycles. The number of amidine groups is 1. The molecule has 1 aliphatic rings. The van der Waals surface area contributed by atoms with E-state index in [-0.39, 0.29) is 5.84 Å². The van der Waals surface area contributed by atoms with Crippen LogP contribution in [0.1, 0.15) is 12.0 Å². The van der Waals surface area contributed by atoms with Gasteiger partial charge in [0.25, 0.3) is 0 Å². The Morgan fingerprint density at radius 3 is 2.72 bits per heavy atom. The first-order valence-corrected chi connectivity index (χ1v) is 6.42. The highest BCUT2D eigenvalue weighted by atomic mass is 35.5. The summed E-state index contributed by atoms with van der Waals surface area (Å²) in [6, 6.07) is 6.30. The first-order chi connectivity index (χ1) is 8.49. The highest BCUT2D eigenvalue weighted by Gasteiger charge is 2.24. The zero-order chi connectivity index (χ0) is 13.3. The van der Waals surface area contributed by atoms with Gasteiger partial charge in [0.2, 0.25) is 0 Å². The first-order valence-electron chi connectivity index (χ1n) is 6.04. The minimum absolute atomic E-state index is 0.0131. The Kier molecular flexibility index (Phi) is 3.78. The molecule has 1 heterocycles. The number of benzene rings is 1. The van der Waals surface area contributed by atoms with Crippen LogP contribution in [-0.2, 0) is 0 Å². The molecule has 1 aromatic rings. The highest BCUT2D eigenvalue weighted by Crippen LogP contribution is 2.27. The summed E-state index contributed by atoms with van der Waals surface area (Å²) in [5.74, 6) is 0.0131. The van der Waals surface area contributed by atoms with Gasteiger partial charge in [-0.15, -0.1) is 0 Å². The Balaban J connectivity index is 2.16. The van der Waals surface area contributed by atoms with Crippen molar-refractivity contribution in [3.63, 3.8) is 0 Å². The van der Waals surface area contributed by atoms with Gasteiger partial charge in [-0.1, -0.05) is 11.6 Å². The summed E-state index contributed by atoms with van der Waals surface area (Å²) in [6.07, 6.45) is 1.17. The number of halogens is 1. The molecule has 0 aromatic heterocycles. The fraction of sp³-hybridized carbons (Fsp3) is 0.462. The first kappa shape index (κ1) is 13.2. The van der Waals surface area contributed by atoms with Gasteiger partial charge >= 0.3 is 0 Å². The van der Waals surface area contributed by atoms with Crippen LogP contribution in [0.3, 0.4) is 0 Å². The zero-order valence-electron chi connectivity index (χ0n) is 10.8. The Labute approximate surface area is 113 Å². The lowest BCUT2D eigenvalue weighted by atomic mass is 10.2. The van der Waals surface area contributed by atoms with E-state index in [1.54, 1.807) is 0 Å². The van der Waals surface area contributed by atoms with E-state index >= 15 is 0 Å². The second-order valence-electron chi connectivity index (χ2n) is 4.93. The van der Waals surface area contributed by atoms with Crippen LogP contribution in [0.4, 0.5) is 5.69 Å². The second kappa shape index (κ2) is 5.16. The van der Waals surface area contributed by atoms with E-state index in [0.717, 1.165) is 18.8 Å². The number of hydrogen-bond acceptors (Lipinski definition) is 3. The molecule has 0 saturated carbocycles. The van der Waals surface area contributed by atoms with Crippen molar-refractivity contribution in [3.8, 4) is 0 Å². The summed E-state index contributed by atoms with van der Waals surface area (Å²) in [4.78, 5) is 4.58. The molecule has 0 bridgehead atoms. The predicted octanol–water partition coefficient (Wildman–Crippen LogP) is 1.76. The van der Waals surface area contributed by atoms with E-state index < -0.39 is 0 Å². The molecule has 0 amide bonds. The van der Waals surface area contributed by atoms with Gasteiger partial charge in [0.15, 0.2) is 0 Å². The summed E-state index contributed by atoms with van der Waals surface area (Å²) in [7, 11) is 4.22. The summed E-state index contributed by atoms with van der Waals surface area (Å²) >= 11 is 6.14. The Morgan fingerprint density at radius 1 is 1.50 bits per heavy atom. The fourth-order valence-corrected chi connectivity index (χ4v) is 2.59. The van der Waals surface area contributed by atoms with Crippen molar-refractivity contribution >= 4 is 23.1 Å². The average molecular weight is 267 g/mol. The lowest BCUT2D eigenvalue weighted by molar-refractivity contribution is 0.315. The number of hydrogen-bond donors (Lipinski definition) is 2. The number of likely N-dealkylation sites (N-methyl/N-ethyl adjacent to an activating group) is 1. The minimum Gasteiger partial charge on any atom is -0.384 e. The van der Waals surface area contributed by atoms with E-state index in [1.165, 1.54) is 6.42 Å². The van der Waals surface area contributed by atoms with Crippen molar-refractivity contribution in [2.24, 2.45) is 5.73 Å². The Morgan fingerprint density at radius 2 is 2.22 bits per heavy atom. The number of nitrogen functional groups attached to an aromatic ring is 1. The molecular weight excluding hydrogens is 248 g/mol. The van der Waals surface area contributed by atoms with Gasteiger partial charge in [0.05, 0.1) is 5.02 Å². The second-order valence-corrected chi connectivity index (χ2v) is 5.34. The Bertz CT molecular complexity index is 458. The molecule has 2 rings (SSSR count).